The summed E-state index contributed by atoms with van der Waals surface area (Å²) in [6.07, 6.45) is 0. The van der Waals surface area contributed by atoms with Crippen molar-refractivity contribution in [1.82, 2.24) is 5.12 Å². The van der Waals surface area contributed by atoms with Crippen LogP contribution in [0.4, 0.5) is 5.69 Å². The Morgan fingerprint density at radius 2 is 1.91 bits per heavy atom. The minimum absolute atomic E-state index is 0.272. The number of benzene rings is 1. The van der Waals surface area contributed by atoms with E-state index in [9.17, 15) is 19.3 Å². The fraction of sp³-hybridized carbons (Fsp3) is 0.231. The maximum absolute atomic E-state index is 12.6. The molecule has 0 aliphatic carbocycles. The monoisotopic (exact) mass is 336 g/mol. The number of fused-ring (bicyclic) bond motifs is 1. The van der Waals surface area contributed by atoms with Crippen LogP contribution in [-0.2, 0) is 19.1 Å². The Balaban J connectivity index is 2.03. The van der Waals surface area contributed by atoms with E-state index < -0.39 is 29.7 Å². The van der Waals surface area contributed by atoms with Crippen molar-refractivity contribution >= 4 is 40.8 Å². The second kappa shape index (κ2) is 5.43. The molecule has 1 saturated heterocycles. The number of amides is 2. The summed E-state index contributed by atoms with van der Waals surface area (Å²) in [4.78, 5) is 48.6. The molecule has 0 unspecified atom stereocenters. The summed E-state index contributed by atoms with van der Waals surface area (Å²) in [6.45, 7) is 0. The summed E-state index contributed by atoms with van der Waals surface area (Å²) in [7, 11) is 1.11. The van der Waals surface area contributed by atoms with E-state index in [1.165, 1.54) is 24.3 Å². The van der Waals surface area contributed by atoms with Gasteiger partial charge in [0, 0.05) is 5.02 Å². The molecule has 1 fully saturated rings. The van der Waals surface area contributed by atoms with E-state index in [-0.39, 0.29) is 11.4 Å². The lowest BCUT2D eigenvalue weighted by Crippen LogP contribution is -2.36. The number of methoxy groups -OCH3 is 1. The Morgan fingerprint density at radius 3 is 2.48 bits per heavy atom. The van der Waals surface area contributed by atoms with Crippen LogP contribution in [0.15, 0.2) is 34.7 Å². The van der Waals surface area contributed by atoms with Crippen LogP contribution < -0.4 is 4.90 Å². The van der Waals surface area contributed by atoms with Crippen molar-refractivity contribution in [2.45, 2.75) is 6.04 Å². The molecule has 2 aliphatic heterocycles. The molecule has 0 spiro atoms. The molecule has 0 bridgehead atoms. The van der Waals surface area contributed by atoms with Crippen LogP contribution in [-0.4, -0.2) is 41.8 Å². The number of rotatable bonds is 3. The second-order valence-electron chi connectivity index (χ2n) is 4.79. The van der Waals surface area contributed by atoms with Crippen molar-refractivity contribution in [3.8, 4) is 0 Å². The normalized spacial score (nSPS) is 23.0. The van der Waals surface area contributed by atoms with Crippen molar-refractivity contribution in [1.29, 1.82) is 0 Å². The minimum Gasteiger partial charge on any atom is -0.464 e. The largest absolute Gasteiger partial charge is 0.464 e. The molecule has 0 N–H and O–H groups in total. The maximum Gasteiger partial charge on any atom is 0.355 e. The minimum atomic E-state index is -1.29. The third-order valence-electron chi connectivity index (χ3n) is 3.59. The van der Waals surface area contributed by atoms with Crippen molar-refractivity contribution in [2.24, 2.45) is 16.3 Å². The summed E-state index contributed by atoms with van der Waals surface area (Å²) in [5, 5.41) is 7.16. The SMILES string of the molecule is COC(=O)C1=NN(N=O)[C@@H]2C(=O)N(c3ccc(Cl)cc3)C(=O)[C@H]12. The van der Waals surface area contributed by atoms with Gasteiger partial charge in [0.25, 0.3) is 5.91 Å². The lowest BCUT2D eigenvalue weighted by Gasteiger charge is -2.16. The summed E-state index contributed by atoms with van der Waals surface area (Å²) in [6, 6.07) is 4.69. The number of anilines is 1. The Bertz CT molecular complexity index is 747. The lowest BCUT2D eigenvalue weighted by atomic mass is 9.98. The zero-order valence-corrected chi connectivity index (χ0v) is 12.4. The molecular weight excluding hydrogens is 328 g/mol. The fourth-order valence-electron chi connectivity index (χ4n) is 2.58. The molecule has 3 rings (SSSR count). The highest BCUT2D eigenvalue weighted by atomic mass is 35.5. The van der Waals surface area contributed by atoms with E-state index in [0.29, 0.717) is 10.1 Å². The number of ether oxygens (including phenoxy) is 1. The molecule has 0 saturated carbocycles. The van der Waals surface area contributed by atoms with Gasteiger partial charge in [0.05, 0.1) is 18.1 Å². The number of esters is 1. The predicted octanol–water partition coefficient (Wildman–Crippen LogP) is 0.724. The molecule has 9 nitrogen and oxygen atoms in total. The molecule has 0 aromatic heterocycles. The van der Waals surface area contributed by atoms with E-state index in [1.807, 2.05) is 0 Å². The van der Waals surface area contributed by atoms with Gasteiger partial charge in [-0.1, -0.05) is 11.6 Å². The maximum atomic E-state index is 12.6. The van der Waals surface area contributed by atoms with E-state index in [2.05, 4.69) is 15.1 Å². The highest BCUT2D eigenvalue weighted by molar-refractivity contribution is 6.46. The van der Waals surface area contributed by atoms with Gasteiger partial charge in [0.2, 0.25) is 5.91 Å². The van der Waals surface area contributed by atoms with Crippen LogP contribution in [0.1, 0.15) is 0 Å². The summed E-state index contributed by atoms with van der Waals surface area (Å²) in [5.74, 6) is -3.52. The van der Waals surface area contributed by atoms with Gasteiger partial charge in [0.1, 0.15) is 5.92 Å². The van der Waals surface area contributed by atoms with Crippen LogP contribution in [0.2, 0.25) is 5.02 Å². The Labute approximate surface area is 134 Å². The number of hydrogen-bond acceptors (Lipinski definition) is 7. The first-order valence-electron chi connectivity index (χ1n) is 6.42. The fourth-order valence-corrected chi connectivity index (χ4v) is 2.70. The smallest absolute Gasteiger partial charge is 0.355 e. The van der Waals surface area contributed by atoms with Crippen molar-refractivity contribution in [3.63, 3.8) is 0 Å². The standard InChI is InChI=1S/C13H9ClN4O5/c1-23-13(21)9-8-10(18(15-9)16-22)12(20)17(11(8)19)7-4-2-6(14)3-5-7/h2-5,8,10H,1H3/t8-,10+/m1/s1. The average molecular weight is 337 g/mol. The quantitative estimate of drug-likeness (QED) is 0.457. The molecule has 10 heteroatoms. The topological polar surface area (TPSA) is 109 Å². The van der Waals surface area contributed by atoms with E-state index in [0.717, 1.165) is 12.0 Å². The Kier molecular flexibility index (Phi) is 3.57. The first-order chi connectivity index (χ1) is 11.0. The van der Waals surface area contributed by atoms with E-state index in [1.54, 1.807) is 0 Å². The number of hydrogen-bond donors (Lipinski definition) is 0. The predicted molar refractivity (Wildman–Crippen MR) is 78.3 cm³/mol. The number of imide groups is 1. The van der Waals surface area contributed by atoms with Crippen LogP contribution in [0, 0.1) is 10.8 Å². The Hall–Kier alpha value is -2.81. The van der Waals surface area contributed by atoms with Crippen LogP contribution in [0.25, 0.3) is 0 Å². The third-order valence-corrected chi connectivity index (χ3v) is 3.84. The van der Waals surface area contributed by atoms with Gasteiger partial charge in [-0.05, 0) is 24.3 Å². The third kappa shape index (κ3) is 2.16. The molecular formula is C13H9ClN4O5. The van der Waals surface area contributed by atoms with Gasteiger partial charge in [-0.15, -0.1) is 15.1 Å². The van der Waals surface area contributed by atoms with E-state index in [4.69, 9.17) is 11.6 Å². The van der Waals surface area contributed by atoms with Crippen LogP contribution in [0.3, 0.4) is 0 Å². The molecule has 1 aromatic rings. The number of nitroso groups, excluding NO2 is 1. The van der Waals surface area contributed by atoms with Crippen molar-refractivity contribution < 1.29 is 19.1 Å². The summed E-state index contributed by atoms with van der Waals surface area (Å²) in [5.41, 5.74) is -0.0548. The van der Waals surface area contributed by atoms with Gasteiger partial charge >= 0.3 is 5.97 Å². The molecule has 2 atom stereocenters. The molecule has 2 amide bonds. The van der Waals surface area contributed by atoms with Crippen molar-refractivity contribution in [2.75, 3.05) is 12.0 Å². The van der Waals surface area contributed by atoms with E-state index >= 15 is 0 Å². The van der Waals surface area contributed by atoms with Gasteiger partial charge in [-0.3, -0.25) is 9.59 Å². The first-order valence-corrected chi connectivity index (χ1v) is 6.80. The zero-order valence-electron chi connectivity index (χ0n) is 11.7. The molecule has 1 aromatic carbocycles. The lowest BCUT2D eigenvalue weighted by molar-refractivity contribution is -0.133. The number of nitrogens with zero attached hydrogens (tertiary/aromatic N) is 4. The van der Waals surface area contributed by atoms with Gasteiger partial charge in [0.15, 0.2) is 11.8 Å². The Morgan fingerprint density at radius 1 is 1.26 bits per heavy atom. The number of carbonyl (C=O) groups is 3. The van der Waals surface area contributed by atoms with Gasteiger partial charge in [-0.2, -0.15) is 0 Å². The van der Waals surface area contributed by atoms with Crippen LogP contribution in [0.5, 0.6) is 0 Å². The summed E-state index contributed by atoms with van der Waals surface area (Å²) >= 11 is 5.78. The first kappa shape index (κ1) is 15.1. The number of carbonyl (C=O) groups excluding carboxylic acids is 3. The molecule has 2 heterocycles. The highest BCUT2D eigenvalue weighted by Gasteiger charge is 2.59. The number of hydrazone groups is 1. The average Bonchev–Trinajstić information content (AvgIpc) is 3.05. The summed E-state index contributed by atoms with van der Waals surface area (Å²) < 4.78 is 4.54. The molecule has 0 radical (unpaired) electrons. The van der Waals surface area contributed by atoms with Gasteiger partial charge in [-0.25, -0.2) is 9.69 Å². The molecule has 23 heavy (non-hydrogen) atoms. The zero-order chi connectivity index (χ0) is 16.7. The highest BCUT2D eigenvalue weighted by Crippen LogP contribution is 2.35. The van der Waals surface area contributed by atoms with Crippen LogP contribution >= 0.6 is 11.6 Å². The second-order valence-corrected chi connectivity index (χ2v) is 5.23. The molecule has 118 valence electrons. The molecule has 2 aliphatic rings. The van der Waals surface area contributed by atoms with Crippen molar-refractivity contribution in [3.05, 3.63) is 34.2 Å². The van der Waals surface area contributed by atoms with Gasteiger partial charge < -0.3 is 4.74 Å². The number of halogens is 1.